The average Bonchev–Trinajstić information content (AvgIpc) is 2.61. The summed E-state index contributed by atoms with van der Waals surface area (Å²) in [5.74, 6) is 0.801. The number of aromatic nitrogens is 2. The molecule has 3 rings (SSSR count). The van der Waals surface area contributed by atoms with Crippen molar-refractivity contribution in [3.8, 4) is 0 Å². The van der Waals surface area contributed by atoms with E-state index < -0.39 is 0 Å². The van der Waals surface area contributed by atoms with Crippen molar-refractivity contribution in [2.45, 2.75) is 0 Å². The fourth-order valence-corrected chi connectivity index (χ4v) is 2.24. The minimum Gasteiger partial charge on any atom is -0.373 e. The predicted molar refractivity (Wildman–Crippen MR) is 85.9 cm³/mol. The van der Waals surface area contributed by atoms with E-state index in [9.17, 15) is 0 Å². The fraction of sp³-hybridized carbons (Fsp3) is 0.250. The normalized spacial score (nSPS) is 15.8. The van der Waals surface area contributed by atoms with Crippen molar-refractivity contribution in [2.75, 3.05) is 31.1 Å². The summed E-state index contributed by atoms with van der Waals surface area (Å²) in [5.41, 5.74) is 0.859. The molecule has 0 radical (unpaired) electrons. The number of rotatable bonds is 4. The van der Waals surface area contributed by atoms with Gasteiger partial charge in [-0.15, -0.1) is 0 Å². The molecule has 112 valence electrons. The van der Waals surface area contributed by atoms with Crippen molar-refractivity contribution in [3.05, 3.63) is 61.2 Å². The first-order valence-electron chi connectivity index (χ1n) is 7.30. The van der Waals surface area contributed by atoms with Gasteiger partial charge in [0, 0.05) is 44.8 Å². The van der Waals surface area contributed by atoms with Crippen LogP contribution in [0.3, 0.4) is 0 Å². The van der Waals surface area contributed by atoms with Gasteiger partial charge >= 0.3 is 0 Å². The highest BCUT2D eigenvalue weighted by atomic mass is 15.3. The van der Waals surface area contributed by atoms with Crippen molar-refractivity contribution in [2.24, 2.45) is 10.2 Å². The first-order valence-corrected chi connectivity index (χ1v) is 7.30. The van der Waals surface area contributed by atoms with Crippen LogP contribution in [0, 0.1) is 0 Å². The van der Waals surface area contributed by atoms with E-state index in [4.69, 9.17) is 0 Å². The van der Waals surface area contributed by atoms with Crippen molar-refractivity contribution in [3.63, 3.8) is 0 Å². The minimum absolute atomic E-state index is 0.801. The number of piperazine rings is 1. The summed E-state index contributed by atoms with van der Waals surface area (Å²) in [6.07, 6.45) is 7.27. The third-order valence-corrected chi connectivity index (χ3v) is 3.42. The summed E-state index contributed by atoms with van der Waals surface area (Å²) < 4.78 is 0. The minimum atomic E-state index is 0.801. The summed E-state index contributed by atoms with van der Waals surface area (Å²) in [7, 11) is 0. The molecule has 1 fully saturated rings. The molecule has 0 unspecified atom stereocenters. The largest absolute Gasteiger partial charge is 0.373 e. The van der Waals surface area contributed by atoms with E-state index in [1.165, 1.54) is 0 Å². The van der Waals surface area contributed by atoms with Gasteiger partial charge in [-0.05, 0) is 18.2 Å². The molecule has 0 saturated carbocycles. The summed E-state index contributed by atoms with van der Waals surface area (Å²) in [5, 5.41) is 8.21. The monoisotopic (exact) mass is 294 g/mol. The molecule has 6 heteroatoms. The zero-order chi connectivity index (χ0) is 15.0. The molecule has 0 N–H and O–H groups in total. The van der Waals surface area contributed by atoms with Gasteiger partial charge < -0.3 is 9.80 Å². The number of benzene rings is 1. The molecule has 1 aromatic carbocycles. The van der Waals surface area contributed by atoms with E-state index in [1.807, 2.05) is 42.6 Å². The molecular formula is C16H18N6. The van der Waals surface area contributed by atoms with E-state index in [0.717, 1.165) is 37.8 Å². The Morgan fingerprint density at radius 3 is 2.36 bits per heavy atom. The molecule has 0 aliphatic carbocycles. The average molecular weight is 294 g/mol. The van der Waals surface area contributed by atoms with E-state index in [-0.39, 0.29) is 0 Å². The Morgan fingerprint density at radius 1 is 0.909 bits per heavy atom. The van der Waals surface area contributed by atoms with Gasteiger partial charge in [-0.25, -0.2) is 9.97 Å². The van der Waals surface area contributed by atoms with E-state index in [1.54, 1.807) is 18.6 Å². The molecule has 2 aromatic rings. The van der Waals surface area contributed by atoms with Crippen molar-refractivity contribution in [1.82, 2.24) is 14.9 Å². The SMILES string of the molecule is C(=C\N1CCN(c2ncccn2)CC1)/N=Nc1ccccc1. The number of azo groups is 1. The summed E-state index contributed by atoms with van der Waals surface area (Å²) in [4.78, 5) is 13.0. The molecule has 1 saturated heterocycles. The standard InChI is InChI=1S/C16H18N6/c1-2-5-15(6-3-1)20-19-9-10-21-11-13-22(14-12-21)16-17-7-4-8-18-16/h1-10H,11-14H2/b10-9+,20-19?. The summed E-state index contributed by atoms with van der Waals surface area (Å²) in [6, 6.07) is 11.5. The Bertz CT molecular complexity index is 618. The zero-order valence-electron chi connectivity index (χ0n) is 12.3. The molecule has 1 aliphatic heterocycles. The van der Waals surface area contributed by atoms with Gasteiger partial charge in [-0.1, -0.05) is 18.2 Å². The third-order valence-electron chi connectivity index (χ3n) is 3.42. The van der Waals surface area contributed by atoms with Gasteiger partial charge in [0.15, 0.2) is 0 Å². The maximum absolute atomic E-state index is 4.28. The van der Waals surface area contributed by atoms with Crippen LogP contribution in [0.4, 0.5) is 11.6 Å². The van der Waals surface area contributed by atoms with Crippen LogP contribution in [-0.4, -0.2) is 41.0 Å². The number of anilines is 1. The molecule has 22 heavy (non-hydrogen) atoms. The van der Waals surface area contributed by atoms with Crippen LogP contribution in [-0.2, 0) is 0 Å². The lowest BCUT2D eigenvalue weighted by Crippen LogP contribution is -2.44. The van der Waals surface area contributed by atoms with Crippen LogP contribution < -0.4 is 4.90 Å². The van der Waals surface area contributed by atoms with Crippen LogP contribution in [0.15, 0.2) is 71.4 Å². The van der Waals surface area contributed by atoms with Crippen LogP contribution in [0.1, 0.15) is 0 Å². The number of nitrogens with zero attached hydrogens (tertiary/aromatic N) is 6. The second-order valence-electron chi connectivity index (χ2n) is 4.92. The van der Waals surface area contributed by atoms with E-state index in [2.05, 4.69) is 30.0 Å². The highest BCUT2D eigenvalue weighted by Crippen LogP contribution is 2.11. The Kier molecular flexibility index (Phi) is 4.71. The molecule has 1 aliphatic rings. The Balaban J connectivity index is 1.48. The highest BCUT2D eigenvalue weighted by molar-refractivity contribution is 5.34. The Morgan fingerprint density at radius 2 is 1.64 bits per heavy atom. The molecule has 1 aromatic heterocycles. The van der Waals surface area contributed by atoms with Crippen molar-refractivity contribution in [1.29, 1.82) is 0 Å². The Labute approximate surface area is 129 Å². The van der Waals surface area contributed by atoms with Gasteiger partial charge in [0.1, 0.15) is 0 Å². The van der Waals surface area contributed by atoms with Crippen LogP contribution in [0.2, 0.25) is 0 Å². The molecule has 0 spiro atoms. The van der Waals surface area contributed by atoms with E-state index >= 15 is 0 Å². The topological polar surface area (TPSA) is 57.0 Å². The molecule has 0 bridgehead atoms. The Hall–Kier alpha value is -2.76. The molecule has 0 amide bonds. The summed E-state index contributed by atoms with van der Waals surface area (Å²) in [6.45, 7) is 3.67. The smallest absolute Gasteiger partial charge is 0.225 e. The molecular weight excluding hydrogens is 276 g/mol. The number of hydrogen-bond acceptors (Lipinski definition) is 6. The maximum atomic E-state index is 4.28. The number of hydrogen-bond donors (Lipinski definition) is 0. The second-order valence-corrected chi connectivity index (χ2v) is 4.92. The van der Waals surface area contributed by atoms with Crippen LogP contribution >= 0.6 is 0 Å². The van der Waals surface area contributed by atoms with Gasteiger partial charge in [-0.3, -0.25) is 0 Å². The van der Waals surface area contributed by atoms with Gasteiger partial charge in [-0.2, -0.15) is 10.2 Å². The lowest BCUT2D eigenvalue weighted by atomic mass is 10.3. The van der Waals surface area contributed by atoms with Crippen molar-refractivity contribution < 1.29 is 0 Å². The molecule has 2 heterocycles. The van der Waals surface area contributed by atoms with Crippen LogP contribution in [0.25, 0.3) is 0 Å². The van der Waals surface area contributed by atoms with E-state index in [0.29, 0.717) is 0 Å². The quantitative estimate of drug-likeness (QED) is 0.814. The maximum Gasteiger partial charge on any atom is 0.225 e. The predicted octanol–water partition coefficient (Wildman–Crippen LogP) is 2.85. The second kappa shape index (κ2) is 7.31. The summed E-state index contributed by atoms with van der Waals surface area (Å²) >= 11 is 0. The van der Waals surface area contributed by atoms with Gasteiger partial charge in [0.05, 0.1) is 11.9 Å². The lowest BCUT2D eigenvalue weighted by Gasteiger charge is -2.33. The lowest BCUT2D eigenvalue weighted by molar-refractivity contribution is 0.346. The highest BCUT2D eigenvalue weighted by Gasteiger charge is 2.16. The van der Waals surface area contributed by atoms with Crippen molar-refractivity contribution >= 4 is 11.6 Å². The first-order chi connectivity index (χ1) is 10.9. The van der Waals surface area contributed by atoms with Crippen LogP contribution in [0.5, 0.6) is 0 Å². The molecule has 0 atom stereocenters. The third kappa shape index (κ3) is 3.88. The van der Waals surface area contributed by atoms with Gasteiger partial charge in [0.25, 0.3) is 0 Å². The fourth-order valence-electron chi connectivity index (χ4n) is 2.24. The zero-order valence-corrected chi connectivity index (χ0v) is 12.3. The first kappa shape index (κ1) is 14.2. The molecule has 6 nitrogen and oxygen atoms in total. The van der Waals surface area contributed by atoms with Gasteiger partial charge in [0.2, 0.25) is 5.95 Å².